The topological polar surface area (TPSA) is 162 Å². The van der Waals surface area contributed by atoms with Crippen LogP contribution >= 0.6 is 0 Å². The fourth-order valence-electron chi connectivity index (χ4n) is 7.93. The highest BCUT2D eigenvalue weighted by molar-refractivity contribution is 6.32. The number of fused-ring (bicyclic) bond motifs is 3. The van der Waals surface area contributed by atoms with Crippen LogP contribution in [0.5, 0.6) is 5.75 Å². The quantitative estimate of drug-likeness (QED) is 0.406. The number of carbonyl (C=O) groups excluding carboxylic acids is 5. The molecule has 1 amide bonds. The molecule has 11 heteroatoms. The van der Waals surface area contributed by atoms with E-state index in [4.69, 9.17) is 5.73 Å². The summed E-state index contributed by atoms with van der Waals surface area (Å²) in [6, 6.07) is 10.1. The van der Waals surface area contributed by atoms with Gasteiger partial charge >= 0.3 is 0 Å². The van der Waals surface area contributed by atoms with Crippen LogP contribution in [0.15, 0.2) is 36.4 Å². The second kappa shape index (κ2) is 11.0. The number of aromatic hydroxyl groups is 1. The molecule has 0 spiro atoms. The molecule has 4 aliphatic rings. The number of amides is 1. The summed E-state index contributed by atoms with van der Waals surface area (Å²) < 4.78 is 0. The zero-order valence-electron chi connectivity index (χ0n) is 25.2. The number of nitrogens with two attached hydrogens (primary N) is 1. The number of carbonyl (C=O) groups is 5. The molecule has 4 N–H and O–H groups in total. The molecule has 3 aliphatic carbocycles. The van der Waals surface area contributed by atoms with Crippen molar-refractivity contribution in [3.05, 3.63) is 53.1 Å². The van der Waals surface area contributed by atoms with E-state index in [2.05, 4.69) is 29.0 Å². The third kappa shape index (κ3) is 4.61. The van der Waals surface area contributed by atoms with Gasteiger partial charge in [0.1, 0.15) is 5.75 Å². The third-order valence-electron chi connectivity index (χ3n) is 10.2. The summed E-state index contributed by atoms with van der Waals surface area (Å²) in [5.74, 6) is -10.5. The average molecular weight is 603 g/mol. The third-order valence-corrected chi connectivity index (χ3v) is 10.2. The Kier molecular flexibility index (Phi) is 7.56. The van der Waals surface area contributed by atoms with E-state index in [0.717, 1.165) is 49.4 Å². The van der Waals surface area contributed by atoms with Crippen molar-refractivity contribution in [2.24, 2.45) is 29.4 Å². The zero-order chi connectivity index (χ0) is 31.7. The number of phenolic OH excluding ortho intramolecular Hbond substituents is 1. The van der Waals surface area contributed by atoms with Crippen LogP contribution in [-0.4, -0.2) is 113 Å². The predicted octanol–water partition coefficient (Wildman–Crippen LogP) is 0.281. The molecule has 6 unspecified atom stereocenters. The van der Waals surface area contributed by atoms with Crippen LogP contribution in [0, 0.1) is 23.7 Å². The van der Waals surface area contributed by atoms with Gasteiger partial charge in [0.25, 0.3) is 0 Å². The maximum Gasteiger partial charge on any atom is 0.235 e. The van der Waals surface area contributed by atoms with Gasteiger partial charge in [-0.25, -0.2) is 0 Å². The van der Waals surface area contributed by atoms with Gasteiger partial charge < -0.3 is 20.8 Å². The van der Waals surface area contributed by atoms with Crippen molar-refractivity contribution in [3.8, 4) is 16.9 Å². The van der Waals surface area contributed by atoms with Gasteiger partial charge in [0, 0.05) is 38.6 Å². The number of primary amides is 1. The number of benzene rings is 2. The Morgan fingerprint density at radius 3 is 2.27 bits per heavy atom. The molecule has 6 atom stereocenters. The Labute approximate surface area is 255 Å². The SMILES string of the molecule is CN1CCN(Cc2ccc(-c3ccc(O)c4c3CC3CC5C(N(C)C)C(=O)C(C(N)=O)C(=O)C5(O)C(=O)C3C4=O)cc2)CC1. The van der Waals surface area contributed by atoms with Gasteiger partial charge in [0.2, 0.25) is 5.91 Å². The van der Waals surface area contributed by atoms with Crippen molar-refractivity contribution in [1.82, 2.24) is 14.7 Å². The minimum Gasteiger partial charge on any atom is -0.507 e. The summed E-state index contributed by atoms with van der Waals surface area (Å²) in [5, 5.41) is 22.6. The first kappa shape index (κ1) is 30.3. The monoisotopic (exact) mass is 602 g/mol. The molecule has 0 bridgehead atoms. The molecule has 2 aromatic carbocycles. The summed E-state index contributed by atoms with van der Waals surface area (Å²) in [7, 11) is 5.26. The molecule has 232 valence electrons. The van der Waals surface area contributed by atoms with Crippen molar-refractivity contribution in [2.45, 2.75) is 31.0 Å². The molecule has 0 radical (unpaired) electrons. The Hall–Kier alpha value is -3.77. The van der Waals surface area contributed by atoms with E-state index >= 15 is 0 Å². The van der Waals surface area contributed by atoms with E-state index in [9.17, 15) is 34.2 Å². The van der Waals surface area contributed by atoms with Crippen LogP contribution in [0.25, 0.3) is 11.1 Å². The molecule has 2 aromatic rings. The summed E-state index contributed by atoms with van der Waals surface area (Å²) in [6.07, 6.45) is 0.238. The van der Waals surface area contributed by atoms with E-state index in [1.165, 1.54) is 11.0 Å². The minimum absolute atomic E-state index is 0.00407. The van der Waals surface area contributed by atoms with Gasteiger partial charge in [-0.05, 0) is 68.2 Å². The molecule has 44 heavy (non-hydrogen) atoms. The first-order valence-electron chi connectivity index (χ1n) is 15.0. The number of nitrogens with zero attached hydrogens (tertiary/aromatic N) is 3. The number of hydrogen-bond acceptors (Lipinski definition) is 10. The number of Topliss-reactive ketones (excluding diaryl/α,β-unsaturated/α-hetero) is 4. The molecule has 6 rings (SSSR count). The number of piperazine rings is 1. The van der Waals surface area contributed by atoms with E-state index in [0.29, 0.717) is 5.56 Å². The van der Waals surface area contributed by atoms with Crippen LogP contribution < -0.4 is 5.73 Å². The van der Waals surface area contributed by atoms with Crippen molar-refractivity contribution < 1.29 is 34.2 Å². The Balaban J connectivity index is 1.35. The Morgan fingerprint density at radius 1 is 1.00 bits per heavy atom. The molecule has 1 aliphatic heterocycles. The second-order valence-corrected chi connectivity index (χ2v) is 13.1. The smallest absolute Gasteiger partial charge is 0.235 e. The molecule has 2 saturated carbocycles. The fraction of sp³-hybridized carbons (Fsp3) is 0.485. The number of likely N-dealkylation sites (N-methyl/N-ethyl adjacent to an activating group) is 2. The van der Waals surface area contributed by atoms with Gasteiger partial charge in [0.05, 0.1) is 17.5 Å². The standard InChI is InChI=1S/C33H38N4O7/c1-35(2)27-22-15-19-14-21-20(18-6-4-17(5-7-18)16-37-12-10-36(3)11-13-37)8-9-23(38)25(21)28(39)24(19)30(41)33(22,44)31(42)26(29(27)40)32(34)43/h4-9,19,22,24,26-27,38,44H,10-16H2,1-3H3,(H2,34,43). The van der Waals surface area contributed by atoms with Crippen molar-refractivity contribution in [2.75, 3.05) is 47.3 Å². The molecule has 1 heterocycles. The van der Waals surface area contributed by atoms with E-state index < -0.39 is 64.4 Å². The van der Waals surface area contributed by atoms with E-state index in [-0.39, 0.29) is 24.2 Å². The fourth-order valence-corrected chi connectivity index (χ4v) is 7.93. The summed E-state index contributed by atoms with van der Waals surface area (Å²) in [4.78, 5) is 73.1. The number of phenols is 1. The lowest BCUT2D eigenvalue weighted by molar-refractivity contribution is -0.181. The van der Waals surface area contributed by atoms with Gasteiger partial charge in [-0.3, -0.25) is 33.8 Å². The lowest BCUT2D eigenvalue weighted by Gasteiger charge is -2.52. The minimum atomic E-state index is -2.73. The van der Waals surface area contributed by atoms with Gasteiger partial charge in [-0.1, -0.05) is 30.3 Å². The average Bonchev–Trinajstić information content (AvgIpc) is 2.96. The van der Waals surface area contributed by atoms with Gasteiger partial charge in [-0.2, -0.15) is 0 Å². The maximum atomic E-state index is 14.0. The Morgan fingerprint density at radius 2 is 1.66 bits per heavy atom. The highest BCUT2D eigenvalue weighted by Crippen LogP contribution is 2.51. The van der Waals surface area contributed by atoms with Crippen LogP contribution in [0.4, 0.5) is 0 Å². The van der Waals surface area contributed by atoms with Gasteiger partial charge in [0.15, 0.2) is 34.7 Å². The highest BCUT2D eigenvalue weighted by Gasteiger charge is 2.69. The summed E-state index contributed by atoms with van der Waals surface area (Å²) in [6.45, 7) is 4.88. The molecule has 11 nitrogen and oxygen atoms in total. The second-order valence-electron chi connectivity index (χ2n) is 13.1. The van der Waals surface area contributed by atoms with Crippen molar-refractivity contribution in [3.63, 3.8) is 0 Å². The van der Waals surface area contributed by atoms with E-state index in [1.807, 2.05) is 12.1 Å². The summed E-state index contributed by atoms with van der Waals surface area (Å²) in [5.41, 5.74) is 6.00. The zero-order valence-corrected chi connectivity index (χ0v) is 25.2. The van der Waals surface area contributed by atoms with Crippen LogP contribution in [0.1, 0.15) is 27.9 Å². The molecule has 0 aromatic heterocycles. The molecule has 3 fully saturated rings. The molecular formula is C33H38N4O7. The number of aliphatic hydroxyl groups is 1. The van der Waals surface area contributed by atoms with Crippen LogP contribution in [0.2, 0.25) is 0 Å². The van der Waals surface area contributed by atoms with Gasteiger partial charge in [-0.15, -0.1) is 0 Å². The predicted molar refractivity (Wildman–Crippen MR) is 160 cm³/mol. The maximum absolute atomic E-state index is 14.0. The first-order valence-corrected chi connectivity index (χ1v) is 15.0. The number of ketones is 4. The normalized spacial score (nSPS) is 31.1. The largest absolute Gasteiger partial charge is 0.507 e. The number of hydrogen-bond donors (Lipinski definition) is 3. The first-order chi connectivity index (χ1) is 20.8. The lowest BCUT2D eigenvalue weighted by Crippen LogP contribution is -2.74. The van der Waals surface area contributed by atoms with Crippen molar-refractivity contribution >= 4 is 29.0 Å². The summed E-state index contributed by atoms with van der Waals surface area (Å²) >= 11 is 0. The van der Waals surface area contributed by atoms with Crippen LogP contribution in [-0.2, 0) is 32.1 Å². The highest BCUT2D eigenvalue weighted by atomic mass is 16.3. The lowest BCUT2D eigenvalue weighted by atomic mass is 9.52. The molecular weight excluding hydrogens is 564 g/mol. The molecule has 1 saturated heterocycles. The number of rotatable bonds is 5. The van der Waals surface area contributed by atoms with E-state index in [1.54, 1.807) is 20.2 Å². The Bertz CT molecular complexity index is 1560. The van der Waals surface area contributed by atoms with Crippen LogP contribution in [0.3, 0.4) is 0 Å². The van der Waals surface area contributed by atoms with Crippen molar-refractivity contribution in [1.29, 1.82) is 0 Å².